The molecule has 2 nitrogen and oxygen atoms in total. The molecule has 2 heteroatoms. The average molecular weight is 143 g/mol. The Kier molecular flexibility index (Phi) is 6.50. The highest BCUT2D eigenvalue weighted by Crippen LogP contribution is 2.01. The van der Waals surface area contributed by atoms with Crippen LogP contribution in [0.4, 0.5) is 0 Å². The average Bonchev–Trinajstić information content (AvgIpc) is 1.98. The lowest BCUT2D eigenvalue weighted by Gasteiger charge is -2.12. The van der Waals surface area contributed by atoms with Gasteiger partial charge in [0.1, 0.15) is 6.29 Å². The van der Waals surface area contributed by atoms with E-state index in [1.165, 1.54) is 12.8 Å². The van der Waals surface area contributed by atoms with E-state index in [2.05, 4.69) is 12.2 Å². The highest BCUT2D eigenvalue weighted by molar-refractivity contribution is 5.49. The molecule has 0 aliphatic carbocycles. The summed E-state index contributed by atoms with van der Waals surface area (Å²) in [6.07, 6.45) is 5.01. The van der Waals surface area contributed by atoms with Crippen molar-refractivity contribution in [1.82, 2.24) is 5.32 Å². The number of rotatable bonds is 6. The summed E-state index contributed by atoms with van der Waals surface area (Å²) >= 11 is 0. The molecule has 10 heavy (non-hydrogen) atoms. The van der Waals surface area contributed by atoms with Crippen LogP contribution in [0.5, 0.6) is 0 Å². The Hall–Kier alpha value is -0.370. The number of carbonyl (C=O) groups excluding carboxylic acids is 1. The van der Waals surface area contributed by atoms with Gasteiger partial charge in [-0.1, -0.05) is 13.3 Å². The van der Waals surface area contributed by atoms with Gasteiger partial charge in [0.25, 0.3) is 0 Å². The third kappa shape index (κ3) is 4.50. The van der Waals surface area contributed by atoms with Crippen LogP contribution in [0.25, 0.3) is 0 Å². The van der Waals surface area contributed by atoms with Crippen LogP contribution in [0.2, 0.25) is 0 Å². The Labute approximate surface area is 63.0 Å². The molecule has 0 aromatic rings. The summed E-state index contributed by atoms with van der Waals surface area (Å²) in [6, 6.07) is 0.537. The van der Waals surface area contributed by atoms with E-state index in [9.17, 15) is 4.79 Å². The van der Waals surface area contributed by atoms with Crippen molar-refractivity contribution in [2.75, 3.05) is 7.05 Å². The molecule has 0 radical (unpaired) electrons. The standard InChI is InChI=1S/C8H17NO/c1-3-5-8(9-2)6-4-7-10/h7-9H,3-6H2,1-2H3. The van der Waals surface area contributed by atoms with Crippen LogP contribution in [-0.2, 0) is 4.79 Å². The van der Waals surface area contributed by atoms with Gasteiger partial charge in [0.2, 0.25) is 0 Å². The first kappa shape index (κ1) is 9.63. The van der Waals surface area contributed by atoms with E-state index >= 15 is 0 Å². The Bertz CT molecular complexity index is 83.3. The summed E-state index contributed by atoms with van der Waals surface area (Å²) in [5.41, 5.74) is 0. The van der Waals surface area contributed by atoms with Crippen LogP contribution in [0.15, 0.2) is 0 Å². The number of nitrogens with one attached hydrogen (secondary N) is 1. The van der Waals surface area contributed by atoms with Gasteiger partial charge in [-0.25, -0.2) is 0 Å². The van der Waals surface area contributed by atoms with E-state index in [-0.39, 0.29) is 0 Å². The molecule has 0 spiro atoms. The minimum Gasteiger partial charge on any atom is -0.317 e. The first-order valence-electron chi connectivity index (χ1n) is 3.96. The van der Waals surface area contributed by atoms with Gasteiger partial charge in [-0.15, -0.1) is 0 Å². The van der Waals surface area contributed by atoms with E-state index in [1.807, 2.05) is 7.05 Å². The van der Waals surface area contributed by atoms with Gasteiger partial charge in [0, 0.05) is 12.5 Å². The molecule has 0 aromatic heterocycles. The molecule has 60 valence electrons. The molecule has 0 amide bonds. The summed E-state index contributed by atoms with van der Waals surface area (Å²) in [4.78, 5) is 10.0. The zero-order chi connectivity index (χ0) is 7.82. The normalized spacial score (nSPS) is 13.0. The maximum atomic E-state index is 10.0. The molecular weight excluding hydrogens is 126 g/mol. The zero-order valence-electron chi connectivity index (χ0n) is 6.89. The van der Waals surface area contributed by atoms with E-state index < -0.39 is 0 Å². The SMILES string of the molecule is CCCC(CCC=O)NC. The van der Waals surface area contributed by atoms with Crippen LogP contribution < -0.4 is 5.32 Å². The number of aldehydes is 1. The molecule has 1 atom stereocenters. The van der Waals surface area contributed by atoms with Crippen molar-refractivity contribution in [3.63, 3.8) is 0 Å². The van der Waals surface area contributed by atoms with Crippen molar-refractivity contribution >= 4 is 6.29 Å². The lowest BCUT2D eigenvalue weighted by molar-refractivity contribution is -0.108. The minimum atomic E-state index is 0.537. The highest BCUT2D eigenvalue weighted by atomic mass is 16.1. The van der Waals surface area contributed by atoms with Crippen molar-refractivity contribution in [2.45, 2.75) is 38.6 Å². The molecule has 1 N–H and O–H groups in total. The van der Waals surface area contributed by atoms with Crippen LogP contribution in [0.1, 0.15) is 32.6 Å². The number of carbonyl (C=O) groups is 1. The summed E-state index contributed by atoms with van der Waals surface area (Å²) in [5.74, 6) is 0. The third-order valence-corrected chi connectivity index (χ3v) is 1.68. The van der Waals surface area contributed by atoms with Crippen LogP contribution >= 0.6 is 0 Å². The second-order valence-electron chi connectivity index (χ2n) is 2.52. The number of hydrogen-bond donors (Lipinski definition) is 1. The van der Waals surface area contributed by atoms with Gasteiger partial charge in [-0.2, -0.15) is 0 Å². The zero-order valence-corrected chi connectivity index (χ0v) is 6.89. The lowest BCUT2D eigenvalue weighted by Crippen LogP contribution is -2.24. The molecule has 0 fully saturated rings. The predicted octanol–water partition coefficient (Wildman–Crippen LogP) is 1.35. The Morgan fingerprint density at radius 1 is 1.50 bits per heavy atom. The second kappa shape index (κ2) is 6.75. The quantitative estimate of drug-likeness (QED) is 0.569. The van der Waals surface area contributed by atoms with E-state index in [4.69, 9.17) is 0 Å². The molecule has 0 aliphatic heterocycles. The van der Waals surface area contributed by atoms with Crippen molar-refractivity contribution in [3.05, 3.63) is 0 Å². The van der Waals surface area contributed by atoms with Crippen molar-refractivity contribution < 1.29 is 4.79 Å². The fourth-order valence-electron chi connectivity index (χ4n) is 1.05. The van der Waals surface area contributed by atoms with Crippen LogP contribution in [-0.4, -0.2) is 19.4 Å². The highest BCUT2D eigenvalue weighted by Gasteiger charge is 2.01. The lowest BCUT2D eigenvalue weighted by atomic mass is 10.1. The molecule has 0 aromatic carbocycles. The van der Waals surface area contributed by atoms with Crippen molar-refractivity contribution in [2.24, 2.45) is 0 Å². The fourth-order valence-corrected chi connectivity index (χ4v) is 1.05. The first-order chi connectivity index (χ1) is 4.85. The van der Waals surface area contributed by atoms with Gasteiger partial charge in [-0.3, -0.25) is 0 Å². The predicted molar refractivity (Wildman–Crippen MR) is 43.1 cm³/mol. The summed E-state index contributed by atoms with van der Waals surface area (Å²) in [7, 11) is 1.95. The maximum absolute atomic E-state index is 10.0. The van der Waals surface area contributed by atoms with Crippen LogP contribution in [0, 0.1) is 0 Å². The summed E-state index contributed by atoms with van der Waals surface area (Å²) in [6.45, 7) is 2.16. The largest absolute Gasteiger partial charge is 0.317 e. The van der Waals surface area contributed by atoms with Crippen molar-refractivity contribution in [3.8, 4) is 0 Å². The van der Waals surface area contributed by atoms with Gasteiger partial charge >= 0.3 is 0 Å². The van der Waals surface area contributed by atoms with Gasteiger partial charge in [0.15, 0.2) is 0 Å². The van der Waals surface area contributed by atoms with Gasteiger partial charge in [-0.05, 0) is 19.9 Å². The molecule has 0 heterocycles. The molecular formula is C8H17NO. The van der Waals surface area contributed by atoms with Crippen LogP contribution in [0.3, 0.4) is 0 Å². The number of hydrogen-bond acceptors (Lipinski definition) is 2. The summed E-state index contributed by atoms with van der Waals surface area (Å²) in [5, 5.41) is 3.18. The molecule has 0 saturated heterocycles. The van der Waals surface area contributed by atoms with Crippen molar-refractivity contribution in [1.29, 1.82) is 0 Å². The van der Waals surface area contributed by atoms with Gasteiger partial charge in [0.05, 0.1) is 0 Å². The van der Waals surface area contributed by atoms with E-state index in [0.29, 0.717) is 12.5 Å². The first-order valence-corrected chi connectivity index (χ1v) is 3.96. The van der Waals surface area contributed by atoms with E-state index in [0.717, 1.165) is 12.7 Å². The maximum Gasteiger partial charge on any atom is 0.120 e. The molecule has 0 saturated carbocycles. The smallest absolute Gasteiger partial charge is 0.120 e. The monoisotopic (exact) mass is 143 g/mol. The summed E-state index contributed by atoms with van der Waals surface area (Å²) < 4.78 is 0. The topological polar surface area (TPSA) is 29.1 Å². The third-order valence-electron chi connectivity index (χ3n) is 1.68. The molecule has 0 aliphatic rings. The molecule has 0 rings (SSSR count). The Morgan fingerprint density at radius 2 is 2.20 bits per heavy atom. The van der Waals surface area contributed by atoms with E-state index in [1.54, 1.807) is 0 Å². The van der Waals surface area contributed by atoms with Gasteiger partial charge < -0.3 is 10.1 Å². The molecule has 1 unspecified atom stereocenters. The minimum absolute atomic E-state index is 0.537. The fraction of sp³-hybridized carbons (Fsp3) is 0.875. The Balaban J connectivity index is 3.29. The molecule has 0 bridgehead atoms. The Morgan fingerprint density at radius 3 is 2.60 bits per heavy atom. The second-order valence-corrected chi connectivity index (χ2v) is 2.52.